The van der Waals surface area contributed by atoms with Crippen molar-refractivity contribution >= 4 is 0 Å². The van der Waals surface area contributed by atoms with Gasteiger partial charge in [-0.25, -0.2) is 4.68 Å². The first-order valence-corrected chi connectivity index (χ1v) is 9.39. The predicted octanol–water partition coefficient (Wildman–Crippen LogP) is 4.86. The van der Waals surface area contributed by atoms with Crippen molar-refractivity contribution in [1.29, 1.82) is 0 Å². The van der Waals surface area contributed by atoms with Crippen LogP contribution in [0.25, 0.3) is 5.69 Å². The molecular formula is C21H31N3. The molecule has 1 saturated heterocycles. The highest BCUT2D eigenvalue weighted by Crippen LogP contribution is 2.25. The van der Waals surface area contributed by atoms with E-state index in [-0.39, 0.29) is 0 Å². The average Bonchev–Trinajstić information content (AvgIpc) is 3.04. The molecular weight excluding hydrogens is 294 g/mol. The molecule has 2 heterocycles. The van der Waals surface area contributed by atoms with Crippen LogP contribution < -0.4 is 0 Å². The molecule has 3 rings (SSSR count). The Bertz CT molecular complexity index is 649. The van der Waals surface area contributed by atoms with Crippen LogP contribution in [0.1, 0.15) is 57.6 Å². The van der Waals surface area contributed by atoms with Crippen molar-refractivity contribution in [2.24, 2.45) is 11.8 Å². The number of hydrogen-bond acceptors (Lipinski definition) is 2. The van der Waals surface area contributed by atoms with E-state index in [0.717, 1.165) is 24.1 Å². The SMILES string of the molecule is CC(C)c1cccc(-n2cc(CN3CCC(C(C)C)CC3)cn2)c1. The first kappa shape index (κ1) is 17.2. The van der Waals surface area contributed by atoms with Gasteiger partial charge in [-0.15, -0.1) is 0 Å². The van der Waals surface area contributed by atoms with E-state index in [1.54, 1.807) is 0 Å². The lowest BCUT2D eigenvalue weighted by molar-refractivity contribution is 0.152. The number of hydrogen-bond donors (Lipinski definition) is 0. The van der Waals surface area contributed by atoms with Gasteiger partial charge in [-0.2, -0.15) is 5.10 Å². The number of benzene rings is 1. The molecule has 0 unspecified atom stereocenters. The summed E-state index contributed by atoms with van der Waals surface area (Å²) in [6.45, 7) is 12.6. The van der Waals surface area contributed by atoms with E-state index in [2.05, 4.69) is 68.2 Å². The van der Waals surface area contributed by atoms with E-state index in [1.165, 1.54) is 37.1 Å². The third kappa shape index (κ3) is 4.07. The second kappa shape index (κ2) is 7.52. The summed E-state index contributed by atoms with van der Waals surface area (Å²) in [7, 11) is 0. The fraction of sp³-hybridized carbons (Fsp3) is 0.571. The lowest BCUT2D eigenvalue weighted by Gasteiger charge is -2.33. The fourth-order valence-corrected chi connectivity index (χ4v) is 3.65. The quantitative estimate of drug-likeness (QED) is 0.782. The first-order chi connectivity index (χ1) is 11.5. The molecule has 1 aromatic heterocycles. The molecule has 130 valence electrons. The highest BCUT2D eigenvalue weighted by atomic mass is 15.3. The zero-order chi connectivity index (χ0) is 17.1. The van der Waals surface area contributed by atoms with Gasteiger partial charge in [0.1, 0.15) is 0 Å². The summed E-state index contributed by atoms with van der Waals surface area (Å²) >= 11 is 0. The molecule has 1 aliphatic heterocycles. The predicted molar refractivity (Wildman–Crippen MR) is 100 cm³/mol. The van der Waals surface area contributed by atoms with Crippen LogP contribution in [-0.2, 0) is 6.54 Å². The van der Waals surface area contributed by atoms with Gasteiger partial charge in [-0.1, -0.05) is 39.8 Å². The average molecular weight is 326 g/mol. The number of rotatable bonds is 5. The molecule has 0 aliphatic carbocycles. The molecule has 1 aliphatic rings. The Kier molecular flexibility index (Phi) is 5.40. The molecule has 2 aromatic rings. The van der Waals surface area contributed by atoms with Crippen molar-refractivity contribution < 1.29 is 0 Å². The normalized spacial score (nSPS) is 17.1. The van der Waals surface area contributed by atoms with Crippen LogP contribution in [0.3, 0.4) is 0 Å². The van der Waals surface area contributed by atoms with Crippen LogP contribution in [0.4, 0.5) is 0 Å². The van der Waals surface area contributed by atoms with Crippen LogP contribution >= 0.6 is 0 Å². The molecule has 0 radical (unpaired) electrons. The molecule has 1 aromatic carbocycles. The Labute approximate surface area is 146 Å². The van der Waals surface area contributed by atoms with Crippen LogP contribution in [0.15, 0.2) is 36.7 Å². The monoisotopic (exact) mass is 325 g/mol. The third-order valence-electron chi connectivity index (χ3n) is 5.42. The molecule has 0 atom stereocenters. The molecule has 0 saturated carbocycles. The van der Waals surface area contributed by atoms with Crippen LogP contribution in [0, 0.1) is 11.8 Å². The minimum absolute atomic E-state index is 0.544. The number of nitrogens with zero attached hydrogens (tertiary/aromatic N) is 3. The van der Waals surface area contributed by atoms with Crippen molar-refractivity contribution in [2.75, 3.05) is 13.1 Å². The van der Waals surface area contributed by atoms with Gasteiger partial charge in [0.2, 0.25) is 0 Å². The lowest BCUT2D eigenvalue weighted by Crippen LogP contribution is -2.34. The lowest BCUT2D eigenvalue weighted by atomic mass is 9.87. The second-order valence-electron chi connectivity index (χ2n) is 7.90. The first-order valence-electron chi connectivity index (χ1n) is 9.39. The minimum atomic E-state index is 0.544. The van der Waals surface area contributed by atoms with Crippen molar-refractivity contribution in [1.82, 2.24) is 14.7 Å². The van der Waals surface area contributed by atoms with Crippen LogP contribution in [0.2, 0.25) is 0 Å². The number of likely N-dealkylation sites (tertiary alicyclic amines) is 1. The van der Waals surface area contributed by atoms with Gasteiger partial charge in [0.25, 0.3) is 0 Å². The topological polar surface area (TPSA) is 21.1 Å². The summed E-state index contributed by atoms with van der Waals surface area (Å²) in [4.78, 5) is 2.57. The number of aromatic nitrogens is 2. The summed E-state index contributed by atoms with van der Waals surface area (Å²) in [6, 6.07) is 8.70. The molecule has 24 heavy (non-hydrogen) atoms. The standard InChI is InChI=1S/C21H31N3/c1-16(2)19-8-10-23(11-9-19)14-18-13-22-24(15-18)21-7-5-6-20(12-21)17(3)4/h5-7,12-13,15-17,19H,8-11,14H2,1-4H3. The largest absolute Gasteiger partial charge is 0.299 e. The smallest absolute Gasteiger partial charge is 0.0648 e. The summed E-state index contributed by atoms with van der Waals surface area (Å²) in [5.74, 6) is 2.27. The fourth-order valence-electron chi connectivity index (χ4n) is 3.65. The molecule has 0 bridgehead atoms. The van der Waals surface area contributed by atoms with E-state index >= 15 is 0 Å². The van der Waals surface area contributed by atoms with Crippen molar-refractivity contribution in [3.63, 3.8) is 0 Å². The molecule has 1 fully saturated rings. The number of piperidine rings is 1. The van der Waals surface area contributed by atoms with Gasteiger partial charge >= 0.3 is 0 Å². The van der Waals surface area contributed by atoms with E-state index in [1.807, 2.05) is 10.9 Å². The summed E-state index contributed by atoms with van der Waals surface area (Å²) in [5, 5.41) is 4.59. The van der Waals surface area contributed by atoms with Gasteiger partial charge in [0.05, 0.1) is 11.9 Å². The summed E-state index contributed by atoms with van der Waals surface area (Å²) in [5.41, 5.74) is 3.83. The summed E-state index contributed by atoms with van der Waals surface area (Å²) in [6.07, 6.45) is 6.88. The van der Waals surface area contributed by atoms with E-state index in [4.69, 9.17) is 0 Å². The minimum Gasteiger partial charge on any atom is -0.299 e. The van der Waals surface area contributed by atoms with Gasteiger partial charge in [0.15, 0.2) is 0 Å². The van der Waals surface area contributed by atoms with Gasteiger partial charge in [0, 0.05) is 18.3 Å². The Hall–Kier alpha value is -1.61. The maximum Gasteiger partial charge on any atom is 0.0648 e. The third-order valence-corrected chi connectivity index (χ3v) is 5.42. The Morgan fingerprint density at radius 1 is 1.12 bits per heavy atom. The molecule has 0 spiro atoms. The van der Waals surface area contributed by atoms with Gasteiger partial charge in [-0.3, -0.25) is 4.90 Å². The second-order valence-corrected chi connectivity index (χ2v) is 7.90. The molecule has 3 nitrogen and oxygen atoms in total. The van der Waals surface area contributed by atoms with Crippen molar-refractivity contribution in [3.8, 4) is 5.69 Å². The van der Waals surface area contributed by atoms with Crippen molar-refractivity contribution in [2.45, 2.75) is 53.0 Å². The van der Waals surface area contributed by atoms with Crippen LogP contribution in [0.5, 0.6) is 0 Å². The zero-order valence-corrected chi connectivity index (χ0v) is 15.6. The molecule has 0 amide bonds. The zero-order valence-electron chi connectivity index (χ0n) is 15.6. The Morgan fingerprint density at radius 3 is 2.54 bits per heavy atom. The van der Waals surface area contributed by atoms with Crippen LogP contribution in [-0.4, -0.2) is 27.8 Å². The highest BCUT2D eigenvalue weighted by Gasteiger charge is 2.21. The highest BCUT2D eigenvalue weighted by molar-refractivity contribution is 5.36. The van der Waals surface area contributed by atoms with Gasteiger partial charge in [-0.05, 0) is 61.4 Å². The van der Waals surface area contributed by atoms with Crippen molar-refractivity contribution in [3.05, 3.63) is 47.8 Å². The molecule has 3 heteroatoms. The molecule has 0 N–H and O–H groups in total. The maximum atomic E-state index is 4.59. The van der Waals surface area contributed by atoms with Gasteiger partial charge < -0.3 is 0 Å². The maximum absolute atomic E-state index is 4.59. The Balaban J connectivity index is 1.63. The van der Waals surface area contributed by atoms with E-state index in [9.17, 15) is 0 Å². The van der Waals surface area contributed by atoms with E-state index < -0.39 is 0 Å². The summed E-state index contributed by atoms with van der Waals surface area (Å²) < 4.78 is 2.02. The Morgan fingerprint density at radius 2 is 1.88 bits per heavy atom. The van der Waals surface area contributed by atoms with E-state index in [0.29, 0.717) is 5.92 Å².